The Hall–Kier alpha value is -2.38. The fraction of sp³-hybridized carbons (Fsp3) is 0.389. The molecule has 1 aromatic heterocycles. The fourth-order valence-corrected chi connectivity index (χ4v) is 2.47. The predicted octanol–water partition coefficient (Wildman–Crippen LogP) is 2.27. The van der Waals surface area contributed by atoms with E-state index < -0.39 is 17.5 Å². The number of nitrogens with zero attached hydrogens (tertiary/aromatic N) is 3. The maximum atomic E-state index is 12.4. The van der Waals surface area contributed by atoms with Crippen molar-refractivity contribution >= 4 is 17.5 Å². The first-order valence-electron chi connectivity index (χ1n) is 8.17. The number of amides is 1. The topological polar surface area (TPSA) is 98.6 Å². The highest BCUT2D eigenvalue weighted by atomic mass is 35.5. The minimum Gasteiger partial charge on any atom is -0.501 e. The third kappa shape index (κ3) is 4.83. The quantitative estimate of drug-likeness (QED) is 0.713. The standard InChI is InChI=1S/C18H23ClN4O3/c1-10-5-6-13(19)8-12(10)9-20-17(25)15-16(24)18(26)22-14(21-15)7-11(2)23(3)4/h5-6,8,11,24H,7,9H2,1-4H3,(H,20,25)(H,21,22,26). The summed E-state index contributed by atoms with van der Waals surface area (Å²) in [5.74, 6) is -1.56. The molecule has 0 radical (unpaired) electrons. The highest BCUT2D eigenvalue weighted by molar-refractivity contribution is 6.30. The lowest BCUT2D eigenvalue weighted by Crippen LogP contribution is -2.29. The third-order valence-corrected chi connectivity index (χ3v) is 4.47. The summed E-state index contributed by atoms with van der Waals surface area (Å²) in [6, 6.07) is 5.50. The predicted molar refractivity (Wildman–Crippen MR) is 99.6 cm³/mol. The summed E-state index contributed by atoms with van der Waals surface area (Å²) in [6.07, 6.45) is 0.425. The second kappa shape index (κ2) is 8.33. The summed E-state index contributed by atoms with van der Waals surface area (Å²) in [7, 11) is 3.82. The molecule has 3 N–H and O–H groups in total. The number of benzene rings is 1. The largest absolute Gasteiger partial charge is 0.501 e. The molecule has 1 unspecified atom stereocenters. The van der Waals surface area contributed by atoms with Crippen molar-refractivity contribution in [3.63, 3.8) is 0 Å². The second-order valence-corrected chi connectivity index (χ2v) is 6.87. The Morgan fingerprint density at radius 1 is 1.31 bits per heavy atom. The molecule has 0 fully saturated rings. The molecule has 0 aliphatic carbocycles. The number of likely N-dealkylation sites (N-methyl/N-ethyl adjacent to an activating group) is 1. The van der Waals surface area contributed by atoms with E-state index in [9.17, 15) is 15.0 Å². The van der Waals surface area contributed by atoms with Crippen LogP contribution in [0.25, 0.3) is 0 Å². The SMILES string of the molecule is Cc1ccc(Cl)cc1CNC(=O)c1nc(CC(C)N(C)C)nc(O)c1O. The van der Waals surface area contributed by atoms with Crippen LogP contribution in [0.15, 0.2) is 18.2 Å². The number of hydrogen-bond acceptors (Lipinski definition) is 6. The van der Waals surface area contributed by atoms with Crippen LogP contribution >= 0.6 is 11.6 Å². The minimum absolute atomic E-state index is 0.101. The van der Waals surface area contributed by atoms with Crippen molar-refractivity contribution < 1.29 is 15.0 Å². The van der Waals surface area contributed by atoms with Gasteiger partial charge in [-0.3, -0.25) is 4.79 Å². The van der Waals surface area contributed by atoms with Crippen LogP contribution in [0, 0.1) is 6.92 Å². The molecule has 140 valence electrons. The average molecular weight is 379 g/mol. The summed E-state index contributed by atoms with van der Waals surface area (Å²) in [5.41, 5.74) is 1.58. The molecule has 8 heteroatoms. The van der Waals surface area contributed by atoms with Crippen LogP contribution in [0.4, 0.5) is 0 Å². The molecule has 0 bridgehead atoms. The molecule has 1 amide bonds. The number of halogens is 1. The van der Waals surface area contributed by atoms with Gasteiger partial charge in [0, 0.05) is 24.0 Å². The van der Waals surface area contributed by atoms with Gasteiger partial charge in [0.2, 0.25) is 5.75 Å². The third-order valence-electron chi connectivity index (χ3n) is 4.24. The molecular weight excluding hydrogens is 356 g/mol. The van der Waals surface area contributed by atoms with Crippen molar-refractivity contribution in [1.82, 2.24) is 20.2 Å². The van der Waals surface area contributed by atoms with Crippen LogP contribution in [0.1, 0.15) is 34.4 Å². The van der Waals surface area contributed by atoms with Gasteiger partial charge in [-0.15, -0.1) is 0 Å². The van der Waals surface area contributed by atoms with Crippen molar-refractivity contribution in [1.29, 1.82) is 0 Å². The minimum atomic E-state index is -0.633. The molecule has 0 aliphatic heterocycles. The average Bonchev–Trinajstić information content (AvgIpc) is 2.58. The first kappa shape index (κ1) is 19.9. The first-order chi connectivity index (χ1) is 12.2. The molecule has 26 heavy (non-hydrogen) atoms. The summed E-state index contributed by atoms with van der Waals surface area (Å²) in [5, 5.41) is 23.1. The lowest BCUT2D eigenvalue weighted by molar-refractivity contribution is 0.0941. The van der Waals surface area contributed by atoms with Gasteiger partial charge in [-0.2, -0.15) is 4.98 Å². The Morgan fingerprint density at radius 2 is 2.00 bits per heavy atom. The zero-order valence-corrected chi connectivity index (χ0v) is 16.0. The van der Waals surface area contributed by atoms with E-state index in [0.717, 1.165) is 11.1 Å². The Bertz CT molecular complexity index is 811. The molecule has 1 atom stereocenters. The molecule has 0 saturated carbocycles. The van der Waals surface area contributed by atoms with E-state index >= 15 is 0 Å². The second-order valence-electron chi connectivity index (χ2n) is 6.43. The van der Waals surface area contributed by atoms with E-state index in [-0.39, 0.29) is 24.1 Å². The summed E-state index contributed by atoms with van der Waals surface area (Å²) in [6.45, 7) is 4.10. The lowest BCUT2D eigenvalue weighted by Gasteiger charge is -2.19. The first-order valence-corrected chi connectivity index (χ1v) is 8.55. The zero-order chi connectivity index (χ0) is 19.4. The van der Waals surface area contributed by atoms with Crippen LogP contribution in [0.5, 0.6) is 11.6 Å². The summed E-state index contributed by atoms with van der Waals surface area (Å²) in [4.78, 5) is 22.4. The number of hydrogen-bond donors (Lipinski definition) is 3. The lowest BCUT2D eigenvalue weighted by atomic mass is 10.1. The van der Waals surface area contributed by atoms with Crippen LogP contribution in [-0.4, -0.2) is 51.1 Å². The van der Waals surface area contributed by atoms with Crippen LogP contribution < -0.4 is 5.32 Å². The van der Waals surface area contributed by atoms with Crippen molar-refractivity contribution in [3.8, 4) is 11.6 Å². The number of carbonyl (C=O) groups is 1. The van der Waals surface area contributed by atoms with E-state index in [0.29, 0.717) is 11.4 Å². The van der Waals surface area contributed by atoms with Gasteiger partial charge in [-0.1, -0.05) is 17.7 Å². The Balaban J connectivity index is 2.19. The van der Waals surface area contributed by atoms with Crippen molar-refractivity contribution in [3.05, 3.63) is 45.9 Å². The van der Waals surface area contributed by atoms with E-state index in [1.54, 1.807) is 12.1 Å². The van der Waals surface area contributed by atoms with Gasteiger partial charge < -0.3 is 20.4 Å². The maximum Gasteiger partial charge on any atom is 0.274 e. The molecule has 0 saturated heterocycles. The summed E-state index contributed by atoms with van der Waals surface area (Å²) >= 11 is 5.98. The fourth-order valence-electron chi connectivity index (χ4n) is 2.27. The highest BCUT2D eigenvalue weighted by Gasteiger charge is 2.21. The van der Waals surface area contributed by atoms with Crippen LogP contribution in [-0.2, 0) is 13.0 Å². The Labute approximate surface area is 157 Å². The molecule has 0 aliphatic rings. The number of carbonyl (C=O) groups excluding carboxylic acids is 1. The highest BCUT2D eigenvalue weighted by Crippen LogP contribution is 2.26. The number of aryl methyl sites for hydroxylation is 1. The molecule has 1 heterocycles. The van der Waals surface area contributed by atoms with Gasteiger partial charge in [0.25, 0.3) is 11.8 Å². The van der Waals surface area contributed by atoms with Crippen molar-refractivity contribution in [2.45, 2.75) is 32.9 Å². The number of rotatable bonds is 6. The zero-order valence-electron chi connectivity index (χ0n) is 15.2. The van der Waals surface area contributed by atoms with Crippen molar-refractivity contribution in [2.75, 3.05) is 14.1 Å². The summed E-state index contributed by atoms with van der Waals surface area (Å²) < 4.78 is 0. The molecule has 2 rings (SSSR count). The van der Waals surface area contributed by atoms with Gasteiger partial charge in [0.05, 0.1) is 0 Å². The molecular formula is C18H23ClN4O3. The van der Waals surface area contributed by atoms with Gasteiger partial charge in [0.15, 0.2) is 5.69 Å². The molecule has 7 nitrogen and oxygen atoms in total. The normalized spacial score (nSPS) is 12.2. The van der Waals surface area contributed by atoms with Gasteiger partial charge in [-0.05, 0) is 51.2 Å². The van der Waals surface area contributed by atoms with E-state index in [1.807, 2.05) is 38.9 Å². The number of aromatic hydroxyl groups is 2. The Kier molecular flexibility index (Phi) is 6.39. The van der Waals surface area contributed by atoms with E-state index in [1.165, 1.54) is 0 Å². The van der Waals surface area contributed by atoms with E-state index in [2.05, 4.69) is 15.3 Å². The van der Waals surface area contributed by atoms with Crippen molar-refractivity contribution in [2.24, 2.45) is 0 Å². The van der Waals surface area contributed by atoms with E-state index in [4.69, 9.17) is 11.6 Å². The number of nitrogens with one attached hydrogen (secondary N) is 1. The van der Waals surface area contributed by atoms with Crippen LogP contribution in [0.3, 0.4) is 0 Å². The smallest absolute Gasteiger partial charge is 0.274 e. The number of aromatic nitrogens is 2. The van der Waals surface area contributed by atoms with Crippen LogP contribution in [0.2, 0.25) is 5.02 Å². The Morgan fingerprint density at radius 3 is 2.65 bits per heavy atom. The molecule has 0 spiro atoms. The maximum absolute atomic E-state index is 12.4. The monoisotopic (exact) mass is 378 g/mol. The van der Waals surface area contributed by atoms with Gasteiger partial charge >= 0.3 is 0 Å². The molecule has 2 aromatic rings. The van der Waals surface area contributed by atoms with Gasteiger partial charge in [-0.25, -0.2) is 4.98 Å². The van der Waals surface area contributed by atoms with Gasteiger partial charge in [0.1, 0.15) is 5.82 Å². The molecule has 1 aromatic carbocycles.